The first-order chi connectivity index (χ1) is 9.72. The van der Waals surface area contributed by atoms with Crippen molar-refractivity contribution in [2.24, 2.45) is 0 Å². The summed E-state index contributed by atoms with van der Waals surface area (Å²) in [6, 6.07) is 5.74. The van der Waals surface area contributed by atoms with E-state index in [4.69, 9.17) is 4.52 Å². The highest BCUT2D eigenvalue weighted by molar-refractivity contribution is 5.95. The molecule has 0 fully saturated rings. The number of benzene rings is 1. The highest BCUT2D eigenvalue weighted by Gasteiger charge is 2.13. The number of nitrogens with one attached hydrogen (secondary N) is 2. The van der Waals surface area contributed by atoms with Crippen LogP contribution in [-0.4, -0.2) is 29.1 Å². The first kappa shape index (κ1) is 15.3. The number of rotatable bonds is 4. The second kappa shape index (κ2) is 6.58. The average Bonchev–Trinajstić information content (AvgIpc) is 3.06. The zero-order valence-corrected chi connectivity index (χ0v) is 12.5. The fourth-order valence-electron chi connectivity index (χ4n) is 2.27. The number of carbonyl (C=O) groups excluding carboxylic acids is 1. The lowest BCUT2D eigenvalue weighted by molar-refractivity contribution is 0.0953. The van der Waals surface area contributed by atoms with Gasteiger partial charge in [0, 0.05) is 30.8 Å². The maximum Gasteiger partial charge on any atom is 0.251 e. The summed E-state index contributed by atoms with van der Waals surface area (Å²) in [7, 11) is 0. The van der Waals surface area contributed by atoms with Crippen molar-refractivity contribution in [2.45, 2.75) is 19.8 Å². The molecule has 0 saturated heterocycles. The molecule has 112 valence electrons. The molecule has 2 heterocycles. The van der Waals surface area contributed by atoms with E-state index in [1.165, 1.54) is 5.56 Å². The van der Waals surface area contributed by atoms with Crippen molar-refractivity contribution in [1.82, 2.24) is 15.5 Å². The monoisotopic (exact) mass is 308 g/mol. The third-order valence-corrected chi connectivity index (χ3v) is 3.27. The minimum Gasteiger partial charge on any atom is -0.384 e. The summed E-state index contributed by atoms with van der Waals surface area (Å²) in [4.78, 5) is 16.1. The number of nitrogens with zero attached hydrogens (tertiary/aromatic N) is 2. The lowest BCUT2D eigenvalue weighted by atomic mass is 10.1. The third kappa shape index (κ3) is 3.52. The summed E-state index contributed by atoms with van der Waals surface area (Å²) in [5.41, 5.74) is 3.02. The quantitative estimate of drug-likeness (QED) is 0.899. The summed E-state index contributed by atoms with van der Waals surface area (Å²) >= 11 is 0. The largest absolute Gasteiger partial charge is 0.384 e. The van der Waals surface area contributed by atoms with E-state index < -0.39 is 0 Å². The van der Waals surface area contributed by atoms with Crippen molar-refractivity contribution in [2.75, 3.05) is 18.4 Å². The van der Waals surface area contributed by atoms with E-state index in [1.807, 2.05) is 18.2 Å². The van der Waals surface area contributed by atoms with E-state index in [0.717, 1.165) is 18.7 Å². The molecule has 0 atom stereocenters. The Hall–Kier alpha value is -2.08. The first-order valence-corrected chi connectivity index (χ1v) is 6.66. The Morgan fingerprint density at radius 2 is 2.33 bits per heavy atom. The van der Waals surface area contributed by atoms with Crippen LogP contribution in [0.4, 0.5) is 5.69 Å². The Balaban J connectivity index is 0.00000161. The average molecular weight is 309 g/mol. The van der Waals surface area contributed by atoms with Crippen molar-refractivity contribution >= 4 is 24.0 Å². The van der Waals surface area contributed by atoms with E-state index in [2.05, 4.69) is 20.8 Å². The van der Waals surface area contributed by atoms with Crippen LogP contribution < -0.4 is 10.6 Å². The molecule has 0 aliphatic carbocycles. The number of carbonyl (C=O) groups is 1. The van der Waals surface area contributed by atoms with Gasteiger partial charge in [-0.25, -0.2) is 0 Å². The Kier molecular flexibility index (Phi) is 4.80. The number of aryl methyl sites for hydroxylation is 1. The van der Waals surface area contributed by atoms with E-state index >= 15 is 0 Å². The smallest absolute Gasteiger partial charge is 0.251 e. The van der Waals surface area contributed by atoms with Crippen LogP contribution in [0.5, 0.6) is 0 Å². The van der Waals surface area contributed by atoms with Gasteiger partial charge in [0.05, 0.1) is 0 Å². The summed E-state index contributed by atoms with van der Waals surface area (Å²) < 4.78 is 4.99. The van der Waals surface area contributed by atoms with Crippen LogP contribution in [0.15, 0.2) is 22.7 Å². The van der Waals surface area contributed by atoms with Gasteiger partial charge in [0.1, 0.15) is 0 Å². The number of fused-ring (bicyclic) bond motifs is 1. The van der Waals surface area contributed by atoms with Crippen LogP contribution >= 0.6 is 12.4 Å². The molecule has 6 nitrogen and oxygen atoms in total. The summed E-state index contributed by atoms with van der Waals surface area (Å²) in [6.07, 6.45) is 1.51. The van der Waals surface area contributed by atoms with Crippen LogP contribution in [0.2, 0.25) is 0 Å². The Morgan fingerprint density at radius 1 is 1.48 bits per heavy atom. The molecule has 0 unspecified atom stereocenters. The van der Waals surface area contributed by atoms with Gasteiger partial charge in [0.2, 0.25) is 5.89 Å². The molecular weight excluding hydrogens is 292 g/mol. The van der Waals surface area contributed by atoms with Crippen LogP contribution in [-0.2, 0) is 12.8 Å². The van der Waals surface area contributed by atoms with Gasteiger partial charge in [-0.3, -0.25) is 4.79 Å². The van der Waals surface area contributed by atoms with Gasteiger partial charge in [-0.2, -0.15) is 4.98 Å². The Bertz CT molecular complexity index is 642. The second-order valence-corrected chi connectivity index (χ2v) is 4.79. The zero-order chi connectivity index (χ0) is 13.9. The number of hydrogen-bond donors (Lipinski definition) is 2. The zero-order valence-electron chi connectivity index (χ0n) is 11.7. The number of hydrogen-bond acceptors (Lipinski definition) is 5. The molecule has 1 aliphatic rings. The maximum absolute atomic E-state index is 12.0. The predicted molar refractivity (Wildman–Crippen MR) is 81.0 cm³/mol. The fraction of sp³-hybridized carbons (Fsp3) is 0.357. The molecule has 0 radical (unpaired) electrons. The number of aromatic nitrogens is 2. The topological polar surface area (TPSA) is 80.0 Å². The molecule has 2 aromatic rings. The van der Waals surface area contributed by atoms with Crippen molar-refractivity contribution in [3.63, 3.8) is 0 Å². The molecule has 7 heteroatoms. The van der Waals surface area contributed by atoms with Gasteiger partial charge in [0.15, 0.2) is 5.82 Å². The van der Waals surface area contributed by atoms with Gasteiger partial charge < -0.3 is 15.2 Å². The van der Waals surface area contributed by atoms with Crippen molar-refractivity contribution in [3.05, 3.63) is 41.0 Å². The highest BCUT2D eigenvalue weighted by atomic mass is 35.5. The van der Waals surface area contributed by atoms with Gasteiger partial charge >= 0.3 is 0 Å². The summed E-state index contributed by atoms with van der Waals surface area (Å²) in [5.74, 6) is 1.08. The van der Waals surface area contributed by atoms with Gasteiger partial charge in [0.25, 0.3) is 5.91 Å². The van der Waals surface area contributed by atoms with Gasteiger partial charge in [-0.05, 0) is 37.1 Å². The van der Waals surface area contributed by atoms with Gasteiger partial charge in [-0.15, -0.1) is 12.4 Å². The molecule has 1 amide bonds. The summed E-state index contributed by atoms with van der Waals surface area (Å²) in [6.45, 7) is 3.19. The standard InChI is InChI=1S/C14H16N4O2.ClH/c1-9-17-13(20-18-9)5-7-16-14(19)11-2-3-12-10(8-11)4-6-15-12;/h2-3,8,15H,4-7H2,1H3,(H,16,19);1H. The van der Waals surface area contributed by atoms with Crippen molar-refractivity contribution in [1.29, 1.82) is 0 Å². The number of anilines is 1. The van der Waals surface area contributed by atoms with Crippen molar-refractivity contribution in [3.8, 4) is 0 Å². The minimum atomic E-state index is -0.0732. The molecular formula is C14H17ClN4O2. The molecule has 21 heavy (non-hydrogen) atoms. The first-order valence-electron chi connectivity index (χ1n) is 6.66. The third-order valence-electron chi connectivity index (χ3n) is 3.27. The van der Waals surface area contributed by atoms with Crippen LogP contribution in [0, 0.1) is 6.92 Å². The molecule has 2 N–H and O–H groups in total. The molecule has 3 rings (SSSR count). The SMILES string of the molecule is Cc1noc(CCNC(=O)c2ccc3c(c2)CCN3)n1.Cl. The Labute approximate surface area is 128 Å². The molecule has 1 aromatic heterocycles. The molecule has 0 spiro atoms. The number of amides is 1. The Morgan fingerprint density at radius 3 is 3.10 bits per heavy atom. The van der Waals surface area contributed by atoms with Crippen LogP contribution in [0.3, 0.4) is 0 Å². The van der Waals surface area contributed by atoms with E-state index in [-0.39, 0.29) is 18.3 Å². The van der Waals surface area contributed by atoms with Crippen molar-refractivity contribution < 1.29 is 9.32 Å². The molecule has 0 saturated carbocycles. The second-order valence-electron chi connectivity index (χ2n) is 4.79. The highest BCUT2D eigenvalue weighted by Crippen LogP contribution is 2.22. The molecule has 1 aliphatic heterocycles. The maximum atomic E-state index is 12.0. The van der Waals surface area contributed by atoms with Crippen LogP contribution in [0.25, 0.3) is 0 Å². The number of halogens is 1. The lowest BCUT2D eigenvalue weighted by Gasteiger charge is -2.05. The fourth-order valence-corrected chi connectivity index (χ4v) is 2.27. The van der Waals surface area contributed by atoms with E-state index in [9.17, 15) is 4.79 Å². The molecule has 0 bridgehead atoms. The summed E-state index contributed by atoms with van der Waals surface area (Å²) in [5, 5.41) is 9.84. The van der Waals surface area contributed by atoms with Gasteiger partial charge in [-0.1, -0.05) is 5.16 Å². The lowest BCUT2D eigenvalue weighted by Crippen LogP contribution is -2.25. The minimum absolute atomic E-state index is 0. The van der Waals surface area contributed by atoms with E-state index in [0.29, 0.717) is 30.2 Å². The normalized spacial score (nSPS) is 12.2. The van der Waals surface area contributed by atoms with Crippen LogP contribution in [0.1, 0.15) is 27.6 Å². The molecule has 1 aromatic carbocycles. The van der Waals surface area contributed by atoms with E-state index in [1.54, 1.807) is 6.92 Å². The predicted octanol–water partition coefficient (Wildman–Crippen LogP) is 1.74.